The molecule has 0 bridgehead atoms. The minimum absolute atomic E-state index is 0.807. The molecule has 4 rings (SSSR count). The number of hydrogen-bond acceptors (Lipinski definition) is 3. The first-order chi connectivity index (χ1) is 11.9. The number of imidazole rings is 3. The van der Waals surface area contributed by atoms with Crippen molar-refractivity contribution in [2.24, 2.45) is 0 Å². The molecule has 24 heavy (non-hydrogen) atoms. The number of rotatable bonds is 6. The first-order valence-electron chi connectivity index (χ1n) is 7.85. The molecule has 0 saturated heterocycles. The highest BCUT2D eigenvalue weighted by atomic mass is 15.0. The molecule has 3 heterocycles. The van der Waals surface area contributed by atoms with Gasteiger partial charge in [-0.25, -0.2) is 15.0 Å². The molecule has 0 radical (unpaired) electrons. The lowest BCUT2D eigenvalue weighted by Gasteiger charge is -2.13. The van der Waals surface area contributed by atoms with Crippen LogP contribution in [0.5, 0.6) is 0 Å². The fraction of sp³-hybridized carbons (Fsp3) is 0.167. The van der Waals surface area contributed by atoms with Gasteiger partial charge in [-0.3, -0.25) is 0 Å². The van der Waals surface area contributed by atoms with E-state index in [1.165, 1.54) is 16.7 Å². The molecule has 0 aliphatic heterocycles. The third kappa shape index (κ3) is 3.27. The molecule has 1 aromatic carbocycles. The average Bonchev–Trinajstić information content (AvgIpc) is 3.33. The molecule has 4 aromatic rings. The van der Waals surface area contributed by atoms with E-state index in [-0.39, 0.29) is 0 Å². The third-order valence-corrected chi connectivity index (χ3v) is 4.02. The largest absolute Gasteiger partial charge is 0.333 e. The first kappa shape index (κ1) is 14.4. The van der Waals surface area contributed by atoms with Gasteiger partial charge in [0.05, 0.1) is 19.0 Å². The molecule has 0 aliphatic carbocycles. The Morgan fingerprint density at radius 1 is 0.625 bits per heavy atom. The third-order valence-electron chi connectivity index (χ3n) is 4.02. The summed E-state index contributed by atoms with van der Waals surface area (Å²) in [5.74, 6) is 0. The van der Waals surface area contributed by atoms with Crippen molar-refractivity contribution in [1.82, 2.24) is 28.7 Å². The molecule has 0 fully saturated rings. The predicted molar refractivity (Wildman–Crippen MR) is 90.4 cm³/mol. The van der Waals surface area contributed by atoms with Crippen LogP contribution in [0, 0.1) is 0 Å². The van der Waals surface area contributed by atoms with E-state index in [9.17, 15) is 0 Å². The maximum absolute atomic E-state index is 4.14. The van der Waals surface area contributed by atoms with Crippen molar-refractivity contribution in [1.29, 1.82) is 0 Å². The molecule has 6 nitrogen and oxygen atoms in total. The topological polar surface area (TPSA) is 53.5 Å². The van der Waals surface area contributed by atoms with Gasteiger partial charge in [-0.2, -0.15) is 0 Å². The van der Waals surface area contributed by atoms with Crippen molar-refractivity contribution in [2.45, 2.75) is 19.6 Å². The predicted octanol–water partition coefficient (Wildman–Crippen LogP) is 2.42. The molecule has 6 heteroatoms. The zero-order valence-electron chi connectivity index (χ0n) is 13.2. The molecule has 3 aromatic heterocycles. The molecule has 0 saturated carbocycles. The van der Waals surface area contributed by atoms with E-state index in [1.807, 2.05) is 50.0 Å². The van der Waals surface area contributed by atoms with Crippen LogP contribution >= 0.6 is 0 Å². The summed E-state index contributed by atoms with van der Waals surface area (Å²) in [4.78, 5) is 12.4. The van der Waals surface area contributed by atoms with E-state index in [4.69, 9.17) is 0 Å². The summed E-state index contributed by atoms with van der Waals surface area (Å²) in [6.45, 7) is 2.44. The molecule has 120 valence electrons. The monoisotopic (exact) mass is 318 g/mol. The second-order valence-electron chi connectivity index (χ2n) is 5.81. The highest BCUT2D eigenvalue weighted by Crippen LogP contribution is 2.16. The number of nitrogens with zero attached hydrogens (tertiary/aromatic N) is 6. The van der Waals surface area contributed by atoms with Gasteiger partial charge in [-0.05, 0) is 16.7 Å². The number of hydrogen-bond donors (Lipinski definition) is 0. The van der Waals surface area contributed by atoms with E-state index in [1.54, 1.807) is 6.20 Å². The van der Waals surface area contributed by atoms with E-state index in [0.717, 1.165) is 19.6 Å². The van der Waals surface area contributed by atoms with Crippen molar-refractivity contribution >= 4 is 0 Å². The fourth-order valence-electron chi connectivity index (χ4n) is 2.82. The molecule has 0 N–H and O–H groups in total. The lowest BCUT2D eigenvalue weighted by molar-refractivity contribution is 0.741. The summed E-state index contributed by atoms with van der Waals surface area (Å²) in [6.07, 6.45) is 16.9. The Kier molecular flexibility index (Phi) is 3.93. The maximum atomic E-state index is 4.14. The standard InChI is InChI=1S/C18H18N6/c1-2-17(11-23-7-4-20-14-23)18(12-24-8-5-21-15-24)9-16(1)10-22-6-3-19-13-22/h1-9,13-15H,10-12H2. The molecule has 0 amide bonds. The van der Waals surface area contributed by atoms with Gasteiger partial charge in [0.15, 0.2) is 0 Å². The molecule has 0 spiro atoms. The average molecular weight is 318 g/mol. The van der Waals surface area contributed by atoms with Gasteiger partial charge < -0.3 is 13.7 Å². The van der Waals surface area contributed by atoms with Crippen LogP contribution in [0.3, 0.4) is 0 Å². The van der Waals surface area contributed by atoms with Crippen LogP contribution in [0.1, 0.15) is 16.7 Å². The van der Waals surface area contributed by atoms with Crippen LogP contribution in [0.2, 0.25) is 0 Å². The quantitative estimate of drug-likeness (QED) is 0.548. The van der Waals surface area contributed by atoms with Gasteiger partial charge >= 0.3 is 0 Å². The fourth-order valence-corrected chi connectivity index (χ4v) is 2.82. The highest BCUT2D eigenvalue weighted by Gasteiger charge is 2.07. The zero-order valence-corrected chi connectivity index (χ0v) is 13.2. The van der Waals surface area contributed by atoms with Crippen LogP contribution in [-0.2, 0) is 19.6 Å². The van der Waals surface area contributed by atoms with E-state index >= 15 is 0 Å². The summed E-state index contributed by atoms with van der Waals surface area (Å²) < 4.78 is 6.25. The van der Waals surface area contributed by atoms with Crippen molar-refractivity contribution in [3.05, 3.63) is 91.1 Å². The Bertz CT molecular complexity index is 876. The second kappa shape index (κ2) is 6.54. The first-order valence-corrected chi connectivity index (χ1v) is 7.85. The smallest absolute Gasteiger partial charge is 0.0949 e. The number of aromatic nitrogens is 6. The molecule has 0 atom stereocenters. The van der Waals surface area contributed by atoms with Gasteiger partial charge in [0.25, 0.3) is 0 Å². The molecular formula is C18H18N6. The summed E-state index contributed by atoms with van der Waals surface area (Å²) >= 11 is 0. The van der Waals surface area contributed by atoms with E-state index in [2.05, 4.69) is 46.9 Å². The van der Waals surface area contributed by atoms with Gasteiger partial charge in [-0.1, -0.05) is 18.2 Å². The van der Waals surface area contributed by atoms with Crippen molar-refractivity contribution < 1.29 is 0 Å². The van der Waals surface area contributed by atoms with Gasteiger partial charge in [0.2, 0.25) is 0 Å². The molecule has 0 unspecified atom stereocenters. The van der Waals surface area contributed by atoms with Crippen molar-refractivity contribution in [3.63, 3.8) is 0 Å². The van der Waals surface area contributed by atoms with Gasteiger partial charge in [-0.15, -0.1) is 0 Å². The zero-order chi connectivity index (χ0) is 16.2. The SMILES string of the molecule is c1cn(Cc2ccc(Cn3ccnc3)c(Cn3ccnc3)c2)cn1. The summed E-state index contributed by atoms with van der Waals surface area (Å²) in [5, 5.41) is 0. The van der Waals surface area contributed by atoms with Crippen molar-refractivity contribution in [2.75, 3.05) is 0 Å². The van der Waals surface area contributed by atoms with E-state index in [0.29, 0.717) is 0 Å². The minimum atomic E-state index is 0.807. The van der Waals surface area contributed by atoms with Crippen molar-refractivity contribution in [3.8, 4) is 0 Å². The molecule has 0 aliphatic rings. The highest BCUT2D eigenvalue weighted by molar-refractivity contribution is 5.33. The van der Waals surface area contributed by atoms with Crippen LogP contribution in [0.15, 0.2) is 74.4 Å². The Hall–Kier alpha value is -3.15. The van der Waals surface area contributed by atoms with E-state index < -0.39 is 0 Å². The Morgan fingerprint density at radius 3 is 1.71 bits per heavy atom. The Labute approximate surface area is 140 Å². The Morgan fingerprint density at radius 2 is 1.17 bits per heavy atom. The number of benzene rings is 1. The second-order valence-corrected chi connectivity index (χ2v) is 5.81. The summed E-state index contributed by atoms with van der Waals surface area (Å²) in [6, 6.07) is 6.66. The van der Waals surface area contributed by atoms with Gasteiger partial charge in [0, 0.05) is 56.8 Å². The van der Waals surface area contributed by atoms with Crippen LogP contribution in [0.25, 0.3) is 0 Å². The van der Waals surface area contributed by atoms with Crippen LogP contribution in [-0.4, -0.2) is 28.7 Å². The normalized spacial score (nSPS) is 11.0. The summed E-state index contributed by atoms with van der Waals surface area (Å²) in [7, 11) is 0. The van der Waals surface area contributed by atoms with Crippen LogP contribution < -0.4 is 0 Å². The minimum Gasteiger partial charge on any atom is -0.333 e. The van der Waals surface area contributed by atoms with Crippen LogP contribution in [0.4, 0.5) is 0 Å². The lowest BCUT2D eigenvalue weighted by Crippen LogP contribution is -2.07. The lowest BCUT2D eigenvalue weighted by atomic mass is 10.0. The van der Waals surface area contributed by atoms with Gasteiger partial charge in [0.1, 0.15) is 0 Å². The molecular weight excluding hydrogens is 300 g/mol. The summed E-state index contributed by atoms with van der Waals surface area (Å²) in [5.41, 5.74) is 3.84. The maximum Gasteiger partial charge on any atom is 0.0949 e. The Balaban J connectivity index is 1.64.